The summed E-state index contributed by atoms with van der Waals surface area (Å²) in [5.74, 6) is 1.56. The average molecular weight is 550 g/mol. The van der Waals surface area contributed by atoms with Crippen molar-refractivity contribution in [1.29, 1.82) is 0 Å². The number of benzene rings is 1. The van der Waals surface area contributed by atoms with E-state index in [0.29, 0.717) is 11.8 Å². The monoisotopic (exact) mass is 549 g/mol. The molecular formula is C29H32ClN5O2S. The van der Waals surface area contributed by atoms with Gasteiger partial charge in [-0.15, -0.1) is 11.3 Å². The highest BCUT2D eigenvalue weighted by molar-refractivity contribution is 7.16. The van der Waals surface area contributed by atoms with Crippen LogP contribution in [0.4, 0.5) is 4.79 Å². The van der Waals surface area contributed by atoms with Crippen LogP contribution in [0.5, 0.6) is 0 Å². The molecule has 3 fully saturated rings. The maximum atomic E-state index is 12.9. The van der Waals surface area contributed by atoms with Crippen molar-refractivity contribution in [3.63, 3.8) is 0 Å². The van der Waals surface area contributed by atoms with Gasteiger partial charge in [0.15, 0.2) is 0 Å². The zero-order valence-corrected chi connectivity index (χ0v) is 23.7. The first-order valence-electron chi connectivity index (χ1n) is 13.6. The lowest BCUT2D eigenvalue weighted by Gasteiger charge is -2.39. The van der Waals surface area contributed by atoms with Gasteiger partial charge in [-0.2, -0.15) is 5.10 Å². The highest BCUT2D eigenvalue weighted by atomic mass is 35.5. The third-order valence-electron chi connectivity index (χ3n) is 8.33. The fourth-order valence-electron chi connectivity index (χ4n) is 6.64. The molecule has 1 aromatic carbocycles. The summed E-state index contributed by atoms with van der Waals surface area (Å²) < 4.78 is 7.83. The Morgan fingerprint density at radius 2 is 1.84 bits per heavy atom. The summed E-state index contributed by atoms with van der Waals surface area (Å²) in [4.78, 5) is 25.3. The highest BCUT2D eigenvalue weighted by Crippen LogP contribution is 2.57. The van der Waals surface area contributed by atoms with E-state index in [9.17, 15) is 4.79 Å². The van der Waals surface area contributed by atoms with Crippen molar-refractivity contribution in [2.24, 2.45) is 0 Å². The van der Waals surface area contributed by atoms with Gasteiger partial charge < -0.3 is 9.64 Å². The number of hydrogen-bond donors (Lipinski definition) is 0. The smallest absolute Gasteiger partial charge is 0.410 e. The summed E-state index contributed by atoms with van der Waals surface area (Å²) >= 11 is 8.51. The van der Waals surface area contributed by atoms with Crippen LogP contribution in [0.3, 0.4) is 0 Å². The largest absolute Gasteiger partial charge is 0.444 e. The number of fused-ring (bicyclic) bond motifs is 4. The standard InChI is InChI=1S/C29H32ClN5O2S/c1-15-31-26(20-7-8-38-27(20)32-15)23-12-21(23)22-9-16-14-34(33-25(16)13-24(22)30)19-10-17-5-6-18(11-19)35(17)28(36)37-29(2,3)4/h7-9,13-14,17-19,21,23H,5-6,10-12H2,1-4H3. The molecule has 1 saturated carbocycles. The van der Waals surface area contributed by atoms with Crippen molar-refractivity contribution in [2.45, 2.75) is 95.4 Å². The van der Waals surface area contributed by atoms with Gasteiger partial charge in [-0.3, -0.25) is 4.68 Å². The van der Waals surface area contributed by atoms with Crippen LogP contribution in [0.1, 0.15) is 87.8 Å². The molecule has 2 bridgehead atoms. The molecule has 3 aromatic heterocycles. The molecule has 0 N–H and O–H groups in total. The third kappa shape index (κ3) is 4.16. The van der Waals surface area contributed by atoms with Gasteiger partial charge in [0.1, 0.15) is 16.3 Å². The zero-order chi connectivity index (χ0) is 26.3. The van der Waals surface area contributed by atoms with Crippen LogP contribution >= 0.6 is 22.9 Å². The molecule has 1 aliphatic carbocycles. The number of rotatable bonds is 3. The summed E-state index contributed by atoms with van der Waals surface area (Å²) in [5.41, 5.74) is 2.78. The van der Waals surface area contributed by atoms with Crippen molar-refractivity contribution in [1.82, 2.24) is 24.6 Å². The van der Waals surface area contributed by atoms with Crippen LogP contribution < -0.4 is 0 Å². The molecule has 7 nitrogen and oxygen atoms in total. The van der Waals surface area contributed by atoms with E-state index in [-0.39, 0.29) is 24.2 Å². The van der Waals surface area contributed by atoms with Gasteiger partial charge in [-0.05, 0) is 94.9 Å². The Balaban J connectivity index is 1.12. The molecule has 5 heterocycles. The van der Waals surface area contributed by atoms with Crippen LogP contribution in [-0.4, -0.2) is 48.4 Å². The molecule has 4 aromatic rings. The van der Waals surface area contributed by atoms with E-state index >= 15 is 0 Å². The number of carbonyl (C=O) groups is 1. The van der Waals surface area contributed by atoms with Gasteiger partial charge in [-0.1, -0.05) is 11.6 Å². The lowest BCUT2D eigenvalue weighted by atomic mass is 9.98. The Morgan fingerprint density at radius 1 is 1.08 bits per heavy atom. The van der Waals surface area contributed by atoms with Crippen molar-refractivity contribution >= 4 is 50.2 Å². The molecule has 4 atom stereocenters. The molecule has 198 valence electrons. The fraction of sp³-hybridized carbons (Fsp3) is 0.517. The Hall–Kier alpha value is -2.71. The molecular weight excluding hydrogens is 518 g/mol. The quantitative estimate of drug-likeness (QED) is 0.266. The van der Waals surface area contributed by atoms with E-state index in [0.717, 1.165) is 64.4 Å². The van der Waals surface area contributed by atoms with Crippen molar-refractivity contribution in [3.05, 3.63) is 51.9 Å². The minimum Gasteiger partial charge on any atom is -0.444 e. The summed E-state index contributed by atoms with van der Waals surface area (Å²) in [6.07, 6.45) is 6.90. The minimum absolute atomic E-state index is 0.178. The lowest BCUT2D eigenvalue weighted by Crippen LogP contribution is -2.48. The predicted molar refractivity (Wildman–Crippen MR) is 150 cm³/mol. The maximum Gasteiger partial charge on any atom is 0.410 e. The highest BCUT2D eigenvalue weighted by Gasteiger charge is 2.46. The SMILES string of the molecule is Cc1nc(C2CC2c2cc3cn(C4CC5CCC(C4)N5C(=O)OC(C)(C)C)nc3cc2Cl)c2ccsc2n1. The Morgan fingerprint density at radius 3 is 2.58 bits per heavy atom. The molecule has 9 heteroatoms. The first-order valence-corrected chi connectivity index (χ1v) is 14.8. The minimum atomic E-state index is -0.480. The van der Waals surface area contributed by atoms with Crippen LogP contribution in [-0.2, 0) is 4.74 Å². The summed E-state index contributed by atoms with van der Waals surface area (Å²) in [6, 6.07) is 7.07. The normalized spacial score (nSPS) is 26.9. The number of piperidine rings is 1. The first-order chi connectivity index (χ1) is 18.1. The van der Waals surface area contributed by atoms with Crippen molar-refractivity contribution in [3.8, 4) is 0 Å². The number of aromatic nitrogens is 4. The number of nitrogens with zero attached hydrogens (tertiary/aromatic N) is 5. The van der Waals surface area contributed by atoms with Gasteiger partial charge >= 0.3 is 6.09 Å². The van der Waals surface area contributed by atoms with Crippen molar-refractivity contribution < 1.29 is 9.53 Å². The number of hydrogen-bond acceptors (Lipinski definition) is 6. The Bertz CT molecular complexity index is 1560. The number of carbonyl (C=O) groups excluding carboxylic acids is 1. The Kier molecular flexibility index (Phi) is 5.54. The van der Waals surface area contributed by atoms with E-state index in [1.54, 1.807) is 11.3 Å². The van der Waals surface area contributed by atoms with Crippen LogP contribution in [0.25, 0.3) is 21.1 Å². The Labute approximate surface area is 231 Å². The lowest BCUT2D eigenvalue weighted by molar-refractivity contribution is 0.00234. The number of aryl methyl sites for hydroxylation is 1. The topological polar surface area (TPSA) is 73.1 Å². The molecule has 0 radical (unpaired) electrons. The predicted octanol–water partition coefficient (Wildman–Crippen LogP) is 7.38. The number of halogens is 1. The molecule has 0 spiro atoms. The van der Waals surface area contributed by atoms with Crippen LogP contribution in [0.2, 0.25) is 5.02 Å². The number of amides is 1. The van der Waals surface area contributed by atoms with Gasteiger partial charge in [0.2, 0.25) is 0 Å². The fourth-order valence-corrected chi connectivity index (χ4v) is 7.76. The van der Waals surface area contributed by atoms with E-state index in [1.807, 2.05) is 38.7 Å². The summed E-state index contributed by atoms with van der Waals surface area (Å²) in [5, 5.41) is 10.1. The molecule has 1 amide bonds. The van der Waals surface area contributed by atoms with E-state index < -0.39 is 5.60 Å². The first kappa shape index (κ1) is 24.3. The van der Waals surface area contributed by atoms with Crippen LogP contribution in [0, 0.1) is 6.92 Å². The summed E-state index contributed by atoms with van der Waals surface area (Å²) in [6.45, 7) is 7.75. The third-order valence-corrected chi connectivity index (χ3v) is 9.47. The molecule has 2 saturated heterocycles. The maximum absolute atomic E-state index is 12.9. The van der Waals surface area contributed by atoms with Gasteiger partial charge in [0.05, 0.1) is 17.3 Å². The second-order valence-electron chi connectivity index (χ2n) is 12.2. The second kappa shape index (κ2) is 8.65. The van der Waals surface area contributed by atoms with Gasteiger partial charge in [0, 0.05) is 40.0 Å². The van der Waals surface area contributed by atoms with Gasteiger partial charge in [0.25, 0.3) is 0 Å². The zero-order valence-electron chi connectivity index (χ0n) is 22.1. The van der Waals surface area contributed by atoms with E-state index in [1.165, 1.54) is 10.9 Å². The van der Waals surface area contributed by atoms with E-state index in [2.05, 4.69) is 33.4 Å². The number of ether oxygens (including phenoxy) is 1. The van der Waals surface area contributed by atoms with Gasteiger partial charge in [-0.25, -0.2) is 14.8 Å². The molecule has 4 unspecified atom stereocenters. The molecule has 3 aliphatic rings. The number of thiophene rings is 1. The van der Waals surface area contributed by atoms with Crippen LogP contribution in [0.15, 0.2) is 29.8 Å². The molecule has 7 rings (SSSR count). The second-order valence-corrected chi connectivity index (χ2v) is 13.5. The molecule has 2 aliphatic heterocycles. The van der Waals surface area contributed by atoms with E-state index in [4.69, 9.17) is 26.4 Å². The summed E-state index contributed by atoms with van der Waals surface area (Å²) in [7, 11) is 0. The van der Waals surface area contributed by atoms with Crippen molar-refractivity contribution in [2.75, 3.05) is 0 Å². The average Bonchev–Trinajstić information content (AvgIpc) is 3.14. The molecule has 38 heavy (non-hydrogen) atoms.